The Morgan fingerprint density at radius 3 is 2.82 bits per heavy atom. The van der Waals surface area contributed by atoms with Crippen molar-refractivity contribution in [2.75, 3.05) is 63.2 Å². The molecule has 5 rings (SSSR count). The largest absolute Gasteiger partial charge is 0.491 e. The maximum atomic E-state index is 13.0. The van der Waals surface area contributed by atoms with Gasteiger partial charge in [-0.2, -0.15) is 0 Å². The van der Waals surface area contributed by atoms with E-state index in [0.29, 0.717) is 23.9 Å². The summed E-state index contributed by atoms with van der Waals surface area (Å²) in [5, 5.41) is 10.7. The van der Waals surface area contributed by atoms with E-state index in [1.54, 1.807) is 12.4 Å². The Hall–Kier alpha value is -3.53. The molecule has 39 heavy (non-hydrogen) atoms. The van der Waals surface area contributed by atoms with Crippen LogP contribution in [0.5, 0.6) is 5.75 Å². The number of carbonyl (C=O) groups excluding carboxylic acids is 1. The summed E-state index contributed by atoms with van der Waals surface area (Å²) in [7, 11) is 0. The molecule has 1 aromatic heterocycles. The van der Waals surface area contributed by atoms with Crippen molar-refractivity contribution in [3.05, 3.63) is 59.9 Å². The van der Waals surface area contributed by atoms with Crippen molar-refractivity contribution in [3.63, 3.8) is 0 Å². The fourth-order valence-corrected chi connectivity index (χ4v) is 4.95. The lowest BCUT2D eigenvalue weighted by Gasteiger charge is -2.26. The van der Waals surface area contributed by atoms with Crippen LogP contribution < -0.4 is 20.7 Å². The van der Waals surface area contributed by atoms with E-state index in [0.717, 1.165) is 93.8 Å². The van der Waals surface area contributed by atoms with Crippen LogP contribution in [0.2, 0.25) is 0 Å². The number of aromatic nitrogens is 2. The summed E-state index contributed by atoms with van der Waals surface area (Å²) in [6.45, 7) is 8.90. The van der Waals surface area contributed by atoms with Crippen molar-refractivity contribution in [2.45, 2.75) is 32.6 Å². The first kappa shape index (κ1) is 27.1. The van der Waals surface area contributed by atoms with Gasteiger partial charge in [0.1, 0.15) is 17.9 Å². The summed E-state index contributed by atoms with van der Waals surface area (Å²) in [5.41, 5.74) is 4.72. The Morgan fingerprint density at radius 1 is 1.15 bits per heavy atom. The van der Waals surface area contributed by atoms with Crippen molar-refractivity contribution in [1.29, 1.82) is 0 Å². The average Bonchev–Trinajstić information content (AvgIpc) is 2.97. The monoisotopic (exact) mass is 530 g/mol. The number of benzene rings is 2. The number of ether oxygens (including phenoxy) is 2. The van der Waals surface area contributed by atoms with Crippen LogP contribution >= 0.6 is 0 Å². The molecule has 3 aromatic rings. The van der Waals surface area contributed by atoms with E-state index in [1.165, 1.54) is 5.56 Å². The fraction of sp³-hybridized carbons (Fsp3) is 0.433. The molecule has 2 aromatic carbocycles. The van der Waals surface area contributed by atoms with Crippen LogP contribution in [0.4, 0.5) is 17.2 Å². The van der Waals surface area contributed by atoms with E-state index in [-0.39, 0.29) is 5.91 Å². The normalized spacial score (nSPS) is 16.2. The van der Waals surface area contributed by atoms with Crippen molar-refractivity contribution in [1.82, 2.24) is 20.2 Å². The van der Waals surface area contributed by atoms with E-state index >= 15 is 0 Å². The molecular formula is C30H38N6O3. The highest BCUT2D eigenvalue weighted by atomic mass is 16.5. The minimum absolute atomic E-state index is 0.147. The van der Waals surface area contributed by atoms with Gasteiger partial charge < -0.3 is 25.4 Å². The van der Waals surface area contributed by atoms with Gasteiger partial charge in [-0.1, -0.05) is 24.6 Å². The molecule has 2 aliphatic rings. The van der Waals surface area contributed by atoms with E-state index in [4.69, 9.17) is 9.47 Å². The standard InChI is InChI=1S/C30H38N6O3/c1-2-22-5-3-6-24(17-22)34-30-25-19-27(35-29(37)18-23-7-9-31-10-8-23)28(20-26(25)32-21-33-30)39-14-4-11-36-12-15-38-16-13-36/h3,5-6,17-21,31H,2,4,7-16H2,1H3,(H,35,37)(H,32,33,34). The lowest BCUT2D eigenvalue weighted by Crippen LogP contribution is -2.37. The third-order valence-corrected chi connectivity index (χ3v) is 7.15. The van der Waals surface area contributed by atoms with Crippen molar-refractivity contribution >= 4 is 34.0 Å². The number of nitrogens with one attached hydrogen (secondary N) is 3. The van der Waals surface area contributed by atoms with Gasteiger partial charge in [0.05, 0.1) is 31.0 Å². The second-order valence-electron chi connectivity index (χ2n) is 9.96. The predicted octanol–water partition coefficient (Wildman–Crippen LogP) is 4.29. The van der Waals surface area contributed by atoms with Crippen LogP contribution in [0.25, 0.3) is 10.9 Å². The zero-order valence-electron chi connectivity index (χ0n) is 22.7. The zero-order chi connectivity index (χ0) is 26.9. The number of nitrogens with zero attached hydrogens (tertiary/aromatic N) is 3. The molecule has 9 heteroatoms. The molecule has 3 heterocycles. The number of rotatable bonds is 10. The fourth-order valence-electron chi connectivity index (χ4n) is 4.95. The lowest BCUT2D eigenvalue weighted by atomic mass is 10.1. The summed E-state index contributed by atoms with van der Waals surface area (Å²) in [6, 6.07) is 12.1. The molecule has 1 amide bonds. The predicted molar refractivity (Wildman–Crippen MR) is 155 cm³/mol. The van der Waals surface area contributed by atoms with Crippen LogP contribution in [-0.4, -0.2) is 73.3 Å². The topological polar surface area (TPSA) is 101 Å². The van der Waals surface area contributed by atoms with Gasteiger partial charge in [0, 0.05) is 42.9 Å². The van der Waals surface area contributed by atoms with E-state index in [9.17, 15) is 4.79 Å². The Balaban J connectivity index is 1.38. The number of anilines is 3. The molecule has 9 nitrogen and oxygen atoms in total. The maximum Gasteiger partial charge on any atom is 0.248 e. The molecular weight excluding hydrogens is 492 g/mol. The van der Waals surface area contributed by atoms with Gasteiger partial charge in [-0.05, 0) is 62.5 Å². The van der Waals surface area contributed by atoms with Crippen molar-refractivity contribution < 1.29 is 14.3 Å². The number of carbonyl (C=O) groups is 1. The first-order valence-electron chi connectivity index (χ1n) is 14.0. The molecule has 2 fully saturated rings. The molecule has 0 bridgehead atoms. The molecule has 0 radical (unpaired) electrons. The van der Waals surface area contributed by atoms with E-state index in [1.807, 2.05) is 24.3 Å². The number of amides is 1. The second-order valence-corrected chi connectivity index (χ2v) is 9.96. The van der Waals surface area contributed by atoms with Gasteiger partial charge in [0.15, 0.2) is 0 Å². The molecule has 0 unspecified atom stereocenters. The Bertz CT molecular complexity index is 1300. The van der Waals surface area contributed by atoms with Crippen LogP contribution in [0.3, 0.4) is 0 Å². The van der Waals surface area contributed by atoms with Gasteiger partial charge in [-0.25, -0.2) is 9.97 Å². The van der Waals surface area contributed by atoms with Gasteiger partial charge >= 0.3 is 0 Å². The maximum absolute atomic E-state index is 13.0. The van der Waals surface area contributed by atoms with E-state index < -0.39 is 0 Å². The van der Waals surface area contributed by atoms with E-state index in [2.05, 4.69) is 49.9 Å². The smallest absolute Gasteiger partial charge is 0.248 e. The minimum Gasteiger partial charge on any atom is -0.491 e. The van der Waals surface area contributed by atoms with Gasteiger partial charge in [0.2, 0.25) is 5.91 Å². The van der Waals surface area contributed by atoms with Crippen molar-refractivity contribution in [3.8, 4) is 5.75 Å². The van der Waals surface area contributed by atoms with Gasteiger partial charge in [0.25, 0.3) is 0 Å². The Kier molecular flexibility index (Phi) is 9.37. The number of hydrogen-bond donors (Lipinski definition) is 3. The quantitative estimate of drug-likeness (QED) is 0.264. The van der Waals surface area contributed by atoms with Gasteiger partial charge in [-0.15, -0.1) is 0 Å². The summed E-state index contributed by atoms with van der Waals surface area (Å²) in [5.74, 6) is 1.14. The number of piperidine rings is 1. The molecule has 0 atom stereocenters. The highest BCUT2D eigenvalue weighted by molar-refractivity contribution is 6.04. The molecule has 0 saturated carbocycles. The summed E-state index contributed by atoms with van der Waals surface area (Å²) >= 11 is 0. The van der Waals surface area contributed by atoms with Crippen LogP contribution in [0.1, 0.15) is 31.7 Å². The van der Waals surface area contributed by atoms with Crippen molar-refractivity contribution in [2.24, 2.45) is 0 Å². The van der Waals surface area contributed by atoms with Crippen LogP contribution in [-0.2, 0) is 16.0 Å². The SMILES string of the molecule is CCc1cccc(Nc2ncnc3cc(OCCCN4CCOCC4)c(NC(=O)C=C4CCNCC4)cc23)c1. The highest BCUT2D eigenvalue weighted by Crippen LogP contribution is 2.34. The number of hydrogen-bond acceptors (Lipinski definition) is 8. The molecule has 2 saturated heterocycles. The molecule has 3 N–H and O–H groups in total. The number of aryl methyl sites for hydroxylation is 1. The Labute approximate surface area is 230 Å². The molecule has 0 aliphatic carbocycles. The first-order chi connectivity index (χ1) is 19.2. The first-order valence-corrected chi connectivity index (χ1v) is 14.0. The number of fused-ring (bicyclic) bond motifs is 1. The molecule has 2 aliphatic heterocycles. The zero-order valence-corrected chi connectivity index (χ0v) is 22.7. The highest BCUT2D eigenvalue weighted by Gasteiger charge is 2.15. The van der Waals surface area contributed by atoms with Gasteiger partial charge in [-0.3, -0.25) is 9.69 Å². The average molecular weight is 531 g/mol. The third kappa shape index (κ3) is 7.53. The van der Waals surface area contributed by atoms with Crippen LogP contribution in [0.15, 0.2) is 54.4 Å². The molecule has 206 valence electrons. The Morgan fingerprint density at radius 2 is 2.00 bits per heavy atom. The number of morpholine rings is 1. The summed E-state index contributed by atoms with van der Waals surface area (Å²) < 4.78 is 11.7. The third-order valence-electron chi connectivity index (χ3n) is 7.15. The molecule has 0 spiro atoms. The lowest BCUT2D eigenvalue weighted by molar-refractivity contribution is -0.112. The minimum atomic E-state index is -0.147. The van der Waals surface area contributed by atoms with Crippen LogP contribution in [0, 0.1) is 0 Å². The second kappa shape index (κ2) is 13.5. The summed E-state index contributed by atoms with van der Waals surface area (Å²) in [6.07, 6.45) is 6.88. The summed E-state index contributed by atoms with van der Waals surface area (Å²) in [4.78, 5) is 24.4.